The minimum Gasteiger partial charge on any atom is -0.394 e. The van der Waals surface area contributed by atoms with Crippen molar-refractivity contribution in [1.29, 1.82) is 0 Å². The molecule has 0 aromatic carbocycles. The number of rotatable bonds is 17. The van der Waals surface area contributed by atoms with Gasteiger partial charge in [0, 0.05) is 12.8 Å². The van der Waals surface area contributed by atoms with E-state index in [1.807, 2.05) is 0 Å². The first kappa shape index (κ1) is 23.1. The summed E-state index contributed by atoms with van der Waals surface area (Å²) in [6.45, 7) is 1.91. The van der Waals surface area contributed by atoms with E-state index >= 15 is 0 Å². The van der Waals surface area contributed by atoms with Crippen molar-refractivity contribution in [1.82, 2.24) is 0 Å². The molecule has 140 valence electrons. The van der Waals surface area contributed by atoms with Gasteiger partial charge in [0.15, 0.2) is 0 Å². The van der Waals surface area contributed by atoms with Gasteiger partial charge < -0.3 is 10.2 Å². The molecule has 0 heterocycles. The molecule has 0 amide bonds. The minimum absolute atomic E-state index is 0.0576. The van der Waals surface area contributed by atoms with E-state index in [4.69, 9.17) is 5.11 Å². The van der Waals surface area contributed by atoms with E-state index in [1.54, 1.807) is 0 Å². The first-order chi connectivity index (χ1) is 11.7. The van der Waals surface area contributed by atoms with E-state index in [2.05, 4.69) is 31.2 Å². The highest BCUT2D eigenvalue weighted by molar-refractivity contribution is 5.78. The van der Waals surface area contributed by atoms with E-state index in [1.165, 1.54) is 44.9 Å². The smallest absolute Gasteiger partial charge is 0.135 e. The van der Waals surface area contributed by atoms with Crippen LogP contribution in [0.4, 0.5) is 0 Å². The van der Waals surface area contributed by atoms with Crippen molar-refractivity contribution in [3.05, 3.63) is 24.3 Å². The number of carbonyl (C=O) groups is 1. The fourth-order valence-corrected chi connectivity index (χ4v) is 2.56. The second-order valence-electron chi connectivity index (χ2n) is 6.56. The van der Waals surface area contributed by atoms with Gasteiger partial charge in [-0.15, -0.1) is 0 Å². The Bertz CT molecular complexity index is 334. The second-order valence-corrected chi connectivity index (χ2v) is 6.56. The van der Waals surface area contributed by atoms with Crippen molar-refractivity contribution < 1.29 is 15.0 Å². The van der Waals surface area contributed by atoms with Crippen LogP contribution in [-0.2, 0) is 4.79 Å². The molecule has 2 N–H and O–H groups in total. The Balaban J connectivity index is 3.30. The van der Waals surface area contributed by atoms with Gasteiger partial charge in [-0.25, -0.2) is 0 Å². The molecule has 0 aliphatic rings. The number of aliphatic hydroxyl groups excluding tert-OH is 2. The third kappa shape index (κ3) is 17.4. The van der Waals surface area contributed by atoms with Crippen molar-refractivity contribution in [3.63, 3.8) is 0 Å². The van der Waals surface area contributed by atoms with Crippen LogP contribution in [0.2, 0.25) is 0 Å². The van der Waals surface area contributed by atoms with E-state index in [-0.39, 0.29) is 18.8 Å². The van der Waals surface area contributed by atoms with Crippen molar-refractivity contribution in [2.75, 3.05) is 6.61 Å². The maximum Gasteiger partial charge on any atom is 0.135 e. The predicted octanol–water partition coefficient (Wildman–Crippen LogP) is 5.11. The number of ketones is 1. The Morgan fingerprint density at radius 2 is 1.46 bits per heavy atom. The summed E-state index contributed by atoms with van der Waals surface area (Å²) in [5.41, 5.74) is 0. The Morgan fingerprint density at radius 1 is 0.875 bits per heavy atom. The monoisotopic (exact) mass is 338 g/mol. The first-order valence-corrected chi connectivity index (χ1v) is 9.81. The van der Waals surface area contributed by atoms with Gasteiger partial charge in [-0.2, -0.15) is 0 Å². The van der Waals surface area contributed by atoms with Crippen LogP contribution in [0.3, 0.4) is 0 Å². The largest absolute Gasteiger partial charge is 0.394 e. The summed E-state index contributed by atoms with van der Waals surface area (Å²) in [7, 11) is 0. The number of aliphatic hydroxyl groups is 2. The molecule has 24 heavy (non-hydrogen) atoms. The highest BCUT2D eigenvalue weighted by Gasteiger charge is 2.08. The van der Waals surface area contributed by atoms with Gasteiger partial charge in [0.05, 0.1) is 12.7 Å². The number of allylic oxidation sites excluding steroid dienone is 4. The van der Waals surface area contributed by atoms with Crippen molar-refractivity contribution in [2.24, 2.45) is 0 Å². The van der Waals surface area contributed by atoms with Crippen LogP contribution >= 0.6 is 0 Å². The number of Topliss-reactive ketones (excluding diaryl/α,β-unsaturated/α-hetero) is 1. The summed E-state index contributed by atoms with van der Waals surface area (Å²) in [5, 5.41) is 17.8. The lowest BCUT2D eigenvalue weighted by Crippen LogP contribution is -2.17. The molecular formula is C21H38O3. The zero-order valence-corrected chi connectivity index (χ0v) is 15.6. The Labute approximate surface area is 148 Å². The lowest BCUT2D eigenvalue weighted by molar-refractivity contribution is -0.121. The predicted molar refractivity (Wildman–Crippen MR) is 102 cm³/mol. The van der Waals surface area contributed by atoms with Gasteiger partial charge in [0.25, 0.3) is 0 Å². The molecule has 0 aromatic rings. The average molecular weight is 339 g/mol. The van der Waals surface area contributed by atoms with Gasteiger partial charge in [-0.3, -0.25) is 4.79 Å². The summed E-state index contributed by atoms with van der Waals surface area (Å²) in [5.74, 6) is 0.0576. The lowest BCUT2D eigenvalue weighted by Gasteiger charge is -2.05. The molecule has 3 heteroatoms. The van der Waals surface area contributed by atoms with Gasteiger partial charge in [0.2, 0.25) is 0 Å². The van der Waals surface area contributed by atoms with Crippen LogP contribution in [0, 0.1) is 0 Å². The normalized spacial score (nSPS) is 13.1. The third-order valence-electron chi connectivity index (χ3n) is 4.08. The van der Waals surface area contributed by atoms with E-state index < -0.39 is 6.10 Å². The van der Waals surface area contributed by atoms with Crippen LogP contribution in [0.25, 0.3) is 0 Å². The number of hydrogen-bond donors (Lipinski definition) is 2. The Morgan fingerprint density at radius 3 is 2.08 bits per heavy atom. The molecule has 0 saturated carbocycles. The fraction of sp³-hybridized carbons (Fsp3) is 0.762. The maximum atomic E-state index is 11.5. The van der Waals surface area contributed by atoms with Crippen LogP contribution in [-0.4, -0.2) is 28.7 Å². The van der Waals surface area contributed by atoms with Crippen molar-refractivity contribution >= 4 is 5.78 Å². The molecule has 0 spiro atoms. The summed E-state index contributed by atoms with van der Waals surface area (Å²) in [4.78, 5) is 11.5. The lowest BCUT2D eigenvalue weighted by atomic mass is 10.0. The summed E-state index contributed by atoms with van der Waals surface area (Å²) >= 11 is 0. The van der Waals surface area contributed by atoms with E-state index in [9.17, 15) is 9.90 Å². The molecule has 1 atom stereocenters. The molecule has 0 aromatic heterocycles. The van der Waals surface area contributed by atoms with Gasteiger partial charge in [0.1, 0.15) is 5.78 Å². The zero-order chi connectivity index (χ0) is 17.9. The molecular weight excluding hydrogens is 300 g/mol. The SMILES string of the molecule is CCCCC/C=C\C/C=C\CCCCCCCC(=O)CC(O)CO. The van der Waals surface area contributed by atoms with Crippen molar-refractivity contribution in [3.8, 4) is 0 Å². The average Bonchev–Trinajstić information content (AvgIpc) is 2.58. The van der Waals surface area contributed by atoms with Gasteiger partial charge >= 0.3 is 0 Å². The van der Waals surface area contributed by atoms with Crippen LogP contribution in [0.1, 0.15) is 90.4 Å². The highest BCUT2D eigenvalue weighted by atomic mass is 16.3. The molecule has 0 bridgehead atoms. The van der Waals surface area contributed by atoms with Gasteiger partial charge in [-0.1, -0.05) is 63.3 Å². The molecule has 1 unspecified atom stereocenters. The topological polar surface area (TPSA) is 57.5 Å². The van der Waals surface area contributed by atoms with Crippen LogP contribution < -0.4 is 0 Å². The molecule has 3 nitrogen and oxygen atoms in total. The van der Waals surface area contributed by atoms with Crippen LogP contribution in [0.5, 0.6) is 0 Å². The molecule has 0 aliphatic carbocycles. The number of carbonyl (C=O) groups excluding carboxylic acids is 1. The number of unbranched alkanes of at least 4 members (excludes halogenated alkanes) is 8. The highest BCUT2D eigenvalue weighted by Crippen LogP contribution is 2.09. The molecule has 0 radical (unpaired) electrons. The van der Waals surface area contributed by atoms with E-state index in [0.717, 1.165) is 25.7 Å². The summed E-state index contributed by atoms with van der Waals surface area (Å²) in [6, 6.07) is 0. The molecule has 0 saturated heterocycles. The second kappa shape index (κ2) is 18.4. The maximum absolute atomic E-state index is 11.5. The quantitative estimate of drug-likeness (QED) is 0.286. The standard InChI is InChI=1S/C21H38O3/c1-2-3-4-5-6-7-8-9-10-11-12-13-14-15-16-17-20(23)18-21(24)19-22/h6-7,9-10,21-22,24H,2-5,8,11-19H2,1H3/b7-6-,10-9-. The summed E-state index contributed by atoms with van der Waals surface area (Å²) in [6.07, 6.45) is 21.7. The van der Waals surface area contributed by atoms with Gasteiger partial charge in [-0.05, 0) is 38.5 Å². The molecule has 0 rings (SSSR count). The summed E-state index contributed by atoms with van der Waals surface area (Å²) < 4.78 is 0. The van der Waals surface area contributed by atoms with E-state index in [0.29, 0.717) is 6.42 Å². The fourth-order valence-electron chi connectivity index (χ4n) is 2.56. The Kier molecular flexibility index (Phi) is 17.7. The molecule has 0 aliphatic heterocycles. The first-order valence-electron chi connectivity index (χ1n) is 9.81. The van der Waals surface area contributed by atoms with Crippen molar-refractivity contribution in [2.45, 2.75) is 96.5 Å². The third-order valence-corrected chi connectivity index (χ3v) is 4.08. The zero-order valence-electron chi connectivity index (χ0n) is 15.6. The Hall–Kier alpha value is -0.930. The molecule has 0 fully saturated rings. The van der Waals surface area contributed by atoms with Crippen LogP contribution in [0.15, 0.2) is 24.3 Å². The number of hydrogen-bond acceptors (Lipinski definition) is 3. The minimum atomic E-state index is -0.879.